The van der Waals surface area contributed by atoms with Crippen molar-refractivity contribution in [2.75, 3.05) is 19.6 Å². The fourth-order valence-electron chi connectivity index (χ4n) is 2.78. The predicted octanol–water partition coefficient (Wildman–Crippen LogP) is 1.92. The third-order valence-electron chi connectivity index (χ3n) is 3.98. The van der Waals surface area contributed by atoms with Crippen LogP contribution < -0.4 is 5.32 Å². The van der Waals surface area contributed by atoms with E-state index in [9.17, 15) is 4.79 Å². The zero-order valence-corrected chi connectivity index (χ0v) is 13.4. The summed E-state index contributed by atoms with van der Waals surface area (Å²) in [5.41, 5.74) is 0. The number of carbonyl (C=O) groups excluding carboxylic acids is 1. The van der Waals surface area contributed by atoms with Gasteiger partial charge in [0.05, 0.1) is 0 Å². The van der Waals surface area contributed by atoms with Crippen molar-refractivity contribution in [3.63, 3.8) is 0 Å². The van der Waals surface area contributed by atoms with E-state index in [4.69, 9.17) is 0 Å². The summed E-state index contributed by atoms with van der Waals surface area (Å²) in [5.74, 6) is 2.00. The number of amides is 2. The predicted molar refractivity (Wildman–Crippen MR) is 81.9 cm³/mol. The van der Waals surface area contributed by atoms with Gasteiger partial charge in [-0.3, -0.25) is 0 Å². The molecule has 0 unspecified atom stereocenters. The quantitative estimate of drug-likeness (QED) is 0.902. The first kappa shape index (κ1) is 15.8. The lowest BCUT2D eigenvalue weighted by molar-refractivity contribution is 0.163. The molecular weight excluding hydrogens is 266 g/mol. The molecule has 1 fully saturated rings. The van der Waals surface area contributed by atoms with Gasteiger partial charge in [-0.2, -0.15) is 0 Å². The smallest absolute Gasteiger partial charge is 0.317 e. The molecule has 1 N–H and O–H groups in total. The molecule has 1 aromatic heterocycles. The van der Waals surface area contributed by atoms with Gasteiger partial charge in [0.15, 0.2) is 0 Å². The van der Waals surface area contributed by atoms with Gasteiger partial charge in [0.1, 0.15) is 12.2 Å². The maximum atomic E-state index is 12.2. The molecule has 2 amide bonds. The molecule has 1 saturated heterocycles. The summed E-state index contributed by atoms with van der Waals surface area (Å²) in [6, 6.07) is 0.0744. The number of likely N-dealkylation sites (tertiary alicyclic amines) is 1. The number of aromatic nitrogens is 3. The Morgan fingerprint density at radius 2 is 2.33 bits per heavy atom. The molecule has 0 aliphatic carbocycles. The lowest BCUT2D eigenvalue weighted by atomic mass is 9.94. The SMILES string of the molecule is CCn1cnnc1C[C@H]1CCCN(C(=O)NCC(C)C)C1. The molecule has 0 aromatic carbocycles. The third kappa shape index (κ3) is 4.44. The summed E-state index contributed by atoms with van der Waals surface area (Å²) in [4.78, 5) is 14.1. The van der Waals surface area contributed by atoms with Crippen molar-refractivity contribution in [1.29, 1.82) is 0 Å². The Labute approximate surface area is 126 Å². The number of nitrogens with one attached hydrogen (secondary N) is 1. The van der Waals surface area contributed by atoms with Crippen molar-refractivity contribution in [3.05, 3.63) is 12.2 Å². The Morgan fingerprint density at radius 1 is 1.52 bits per heavy atom. The molecule has 0 saturated carbocycles. The van der Waals surface area contributed by atoms with Gasteiger partial charge in [-0.05, 0) is 31.6 Å². The van der Waals surface area contributed by atoms with Gasteiger partial charge >= 0.3 is 6.03 Å². The fourth-order valence-corrected chi connectivity index (χ4v) is 2.78. The highest BCUT2D eigenvalue weighted by atomic mass is 16.2. The molecule has 118 valence electrons. The molecule has 21 heavy (non-hydrogen) atoms. The van der Waals surface area contributed by atoms with Gasteiger partial charge in [-0.15, -0.1) is 10.2 Å². The van der Waals surface area contributed by atoms with Crippen LogP contribution >= 0.6 is 0 Å². The summed E-state index contributed by atoms with van der Waals surface area (Å²) >= 11 is 0. The van der Waals surface area contributed by atoms with E-state index in [1.165, 1.54) is 0 Å². The van der Waals surface area contributed by atoms with E-state index in [-0.39, 0.29) is 6.03 Å². The largest absolute Gasteiger partial charge is 0.338 e. The Bertz CT molecular complexity index is 457. The van der Waals surface area contributed by atoms with Crippen molar-refractivity contribution in [2.24, 2.45) is 11.8 Å². The van der Waals surface area contributed by atoms with Gasteiger partial charge in [0.25, 0.3) is 0 Å². The summed E-state index contributed by atoms with van der Waals surface area (Å²) in [6.07, 6.45) is 4.91. The highest BCUT2D eigenvalue weighted by molar-refractivity contribution is 5.74. The van der Waals surface area contributed by atoms with E-state index in [1.807, 2.05) is 4.90 Å². The minimum atomic E-state index is 0.0744. The standard InChI is InChI=1S/C15H27N5O/c1-4-19-11-17-18-14(19)8-13-6-5-7-20(10-13)15(21)16-9-12(2)3/h11-13H,4-10H2,1-3H3,(H,16,21)/t13-/m1/s1. The molecule has 1 atom stereocenters. The minimum Gasteiger partial charge on any atom is -0.338 e. The minimum absolute atomic E-state index is 0.0744. The molecule has 1 aliphatic rings. The summed E-state index contributed by atoms with van der Waals surface area (Å²) in [7, 11) is 0. The summed E-state index contributed by atoms with van der Waals surface area (Å²) in [6.45, 7) is 9.63. The molecule has 0 spiro atoms. The first-order valence-corrected chi connectivity index (χ1v) is 7.99. The van der Waals surface area contributed by atoms with Gasteiger partial charge < -0.3 is 14.8 Å². The van der Waals surface area contributed by atoms with Crippen molar-refractivity contribution in [1.82, 2.24) is 25.0 Å². The van der Waals surface area contributed by atoms with Crippen molar-refractivity contribution in [3.8, 4) is 0 Å². The number of carbonyl (C=O) groups is 1. The number of piperidine rings is 1. The monoisotopic (exact) mass is 293 g/mol. The second kappa shape index (κ2) is 7.43. The van der Waals surface area contributed by atoms with Crippen LogP contribution in [-0.2, 0) is 13.0 Å². The number of urea groups is 1. The Balaban J connectivity index is 1.87. The number of hydrogen-bond acceptors (Lipinski definition) is 3. The number of nitrogens with zero attached hydrogens (tertiary/aromatic N) is 4. The van der Waals surface area contributed by atoms with E-state index in [2.05, 4.69) is 40.9 Å². The zero-order valence-electron chi connectivity index (χ0n) is 13.4. The van der Waals surface area contributed by atoms with Crippen LogP contribution in [0.15, 0.2) is 6.33 Å². The first-order valence-electron chi connectivity index (χ1n) is 7.99. The van der Waals surface area contributed by atoms with E-state index in [0.717, 1.165) is 51.3 Å². The summed E-state index contributed by atoms with van der Waals surface area (Å²) < 4.78 is 2.08. The van der Waals surface area contributed by atoms with Crippen LogP contribution in [-0.4, -0.2) is 45.3 Å². The second-order valence-corrected chi connectivity index (χ2v) is 6.27. The Hall–Kier alpha value is -1.59. The van der Waals surface area contributed by atoms with Crippen LogP contribution in [0.25, 0.3) is 0 Å². The molecule has 0 bridgehead atoms. The molecule has 1 aromatic rings. The highest BCUT2D eigenvalue weighted by Gasteiger charge is 2.25. The molecule has 1 aliphatic heterocycles. The topological polar surface area (TPSA) is 63.1 Å². The molecular formula is C15H27N5O. The van der Waals surface area contributed by atoms with Crippen LogP contribution in [0.4, 0.5) is 4.79 Å². The Morgan fingerprint density at radius 3 is 3.05 bits per heavy atom. The van der Waals surface area contributed by atoms with Crippen LogP contribution in [0, 0.1) is 11.8 Å². The van der Waals surface area contributed by atoms with Gasteiger partial charge in [0.2, 0.25) is 0 Å². The lowest BCUT2D eigenvalue weighted by Crippen LogP contribution is -2.46. The second-order valence-electron chi connectivity index (χ2n) is 6.27. The number of aryl methyl sites for hydroxylation is 1. The fraction of sp³-hybridized carbons (Fsp3) is 0.800. The van der Waals surface area contributed by atoms with E-state index < -0.39 is 0 Å². The van der Waals surface area contributed by atoms with Crippen LogP contribution in [0.5, 0.6) is 0 Å². The molecule has 6 heteroatoms. The van der Waals surface area contributed by atoms with Crippen molar-refractivity contribution >= 4 is 6.03 Å². The maximum Gasteiger partial charge on any atom is 0.317 e. The zero-order chi connectivity index (χ0) is 15.2. The number of rotatable bonds is 5. The van der Waals surface area contributed by atoms with E-state index >= 15 is 0 Å². The average Bonchev–Trinajstić information content (AvgIpc) is 2.92. The number of hydrogen-bond donors (Lipinski definition) is 1. The molecule has 6 nitrogen and oxygen atoms in total. The maximum absolute atomic E-state index is 12.2. The third-order valence-corrected chi connectivity index (χ3v) is 3.98. The van der Waals surface area contributed by atoms with Crippen LogP contribution in [0.3, 0.4) is 0 Å². The average molecular weight is 293 g/mol. The van der Waals surface area contributed by atoms with Crippen molar-refractivity contribution < 1.29 is 4.79 Å². The van der Waals surface area contributed by atoms with Gasteiger partial charge in [0, 0.05) is 32.6 Å². The first-order chi connectivity index (χ1) is 10.1. The lowest BCUT2D eigenvalue weighted by Gasteiger charge is -2.32. The summed E-state index contributed by atoms with van der Waals surface area (Å²) in [5, 5.41) is 11.2. The molecule has 2 heterocycles. The van der Waals surface area contributed by atoms with E-state index in [1.54, 1.807) is 6.33 Å². The van der Waals surface area contributed by atoms with Crippen molar-refractivity contribution in [2.45, 2.75) is 46.6 Å². The molecule has 0 radical (unpaired) electrons. The molecule has 2 rings (SSSR count). The highest BCUT2D eigenvalue weighted by Crippen LogP contribution is 2.20. The Kier molecular flexibility index (Phi) is 5.59. The van der Waals surface area contributed by atoms with E-state index in [0.29, 0.717) is 11.8 Å². The van der Waals surface area contributed by atoms with Crippen LogP contribution in [0.1, 0.15) is 39.4 Å². The van der Waals surface area contributed by atoms with Crippen LogP contribution in [0.2, 0.25) is 0 Å². The van der Waals surface area contributed by atoms with Gasteiger partial charge in [-0.1, -0.05) is 13.8 Å². The normalized spacial score (nSPS) is 19.0. The van der Waals surface area contributed by atoms with Gasteiger partial charge in [-0.25, -0.2) is 4.79 Å².